The second-order valence-corrected chi connectivity index (χ2v) is 6.55. The van der Waals surface area contributed by atoms with E-state index in [0.29, 0.717) is 11.4 Å². The third kappa shape index (κ3) is 5.60. The molecule has 0 fully saturated rings. The third-order valence-corrected chi connectivity index (χ3v) is 4.67. The zero-order valence-electron chi connectivity index (χ0n) is 12.1. The number of carbonyl (C=O) groups is 1. The first-order valence-electron chi connectivity index (χ1n) is 6.35. The van der Waals surface area contributed by atoms with Gasteiger partial charge < -0.3 is 15.2 Å². The zero-order valence-corrected chi connectivity index (χ0v) is 12.9. The number of methoxy groups -OCH3 is 1. The highest BCUT2D eigenvalue weighted by atomic mass is 32.2. The van der Waals surface area contributed by atoms with Crippen molar-refractivity contribution >= 4 is 21.7 Å². The number of nitrogens with zero attached hydrogens (tertiary/aromatic N) is 1. The maximum Gasteiger partial charge on any atom is 0.306 e. The molecule has 0 radical (unpaired) electrons. The number of nitrogens with two attached hydrogens (primary N) is 1. The quantitative estimate of drug-likeness (QED) is 0.553. The van der Waals surface area contributed by atoms with Crippen LogP contribution in [-0.4, -0.2) is 51.8 Å². The SMILES string of the molecule is COC(=O)CCN(C)S(=O)(=O)CCOc1ccccc1N. The fourth-order valence-electron chi connectivity index (χ4n) is 1.51. The molecule has 0 saturated heterocycles. The van der Waals surface area contributed by atoms with Crippen LogP contribution in [-0.2, 0) is 19.6 Å². The second kappa shape index (κ2) is 7.84. The lowest BCUT2D eigenvalue weighted by Crippen LogP contribution is -2.33. The van der Waals surface area contributed by atoms with Crippen molar-refractivity contribution in [2.24, 2.45) is 0 Å². The van der Waals surface area contributed by atoms with Gasteiger partial charge in [-0.2, -0.15) is 0 Å². The van der Waals surface area contributed by atoms with Gasteiger partial charge in [-0.15, -0.1) is 0 Å². The Morgan fingerprint density at radius 3 is 2.62 bits per heavy atom. The topological polar surface area (TPSA) is 98.9 Å². The Balaban J connectivity index is 2.45. The summed E-state index contributed by atoms with van der Waals surface area (Å²) in [6.45, 7) is 0.0571. The van der Waals surface area contributed by atoms with Crippen molar-refractivity contribution in [3.8, 4) is 5.75 Å². The molecule has 0 spiro atoms. The van der Waals surface area contributed by atoms with Gasteiger partial charge in [-0.25, -0.2) is 12.7 Å². The molecule has 0 saturated carbocycles. The average Bonchev–Trinajstić information content (AvgIpc) is 2.46. The largest absolute Gasteiger partial charge is 0.490 e. The minimum Gasteiger partial charge on any atom is -0.490 e. The van der Waals surface area contributed by atoms with Gasteiger partial charge in [0.25, 0.3) is 0 Å². The average molecular weight is 316 g/mol. The molecule has 1 aromatic carbocycles. The van der Waals surface area contributed by atoms with Crippen LogP contribution in [0.3, 0.4) is 0 Å². The van der Waals surface area contributed by atoms with E-state index in [1.54, 1.807) is 24.3 Å². The first-order chi connectivity index (χ1) is 9.86. The first kappa shape index (κ1) is 17.3. The molecule has 0 heterocycles. The van der Waals surface area contributed by atoms with Gasteiger partial charge in [0.05, 0.1) is 25.0 Å². The molecule has 1 rings (SSSR count). The highest BCUT2D eigenvalue weighted by Gasteiger charge is 2.19. The van der Waals surface area contributed by atoms with E-state index >= 15 is 0 Å². The standard InChI is InChI=1S/C13H20N2O5S/c1-15(8-7-13(16)19-2)21(17,18)10-9-20-12-6-4-3-5-11(12)14/h3-6H,7-10,14H2,1-2H3. The minimum atomic E-state index is -3.49. The number of rotatable bonds is 8. The summed E-state index contributed by atoms with van der Waals surface area (Å²) < 4.78 is 34.9. The number of ether oxygens (including phenoxy) is 2. The van der Waals surface area contributed by atoms with Gasteiger partial charge in [-0.05, 0) is 12.1 Å². The van der Waals surface area contributed by atoms with Gasteiger partial charge >= 0.3 is 5.97 Å². The van der Waals surface area contributed by atoms with Crippen LogP contribution in [0.1, 0.15) is 6.42 Å². The molecule has 0 bridgehead atoms. The van der Waals surface area contributed by atoms with E-state index in [1.807, 2.05) is 0 Å². The van der Waals surface area contributed by atoms with Gasteiger partial charge in [0.15, 0.2) is 0 Å². The summed E-state index contributed by atoms with van der Waals surface area (Å²) in [5, 5.41) is 0. The monoisotopic (exact) mass is 316 g/mol. The van der Waals surface area contributed by atoms with E-state index < -0.39 is 16.0 Å². The van der Waals surface area contributed by atoms with Gasteiger partial charge in [0, 0.05) is 13.6 Å². The summed E-state index contributed by atoms with van der Waals surface area (Å²) in [5.74, 6) is -0.200. The van der Waals surface area contributed by atoms with Crippen LogP contribution < -0.4 is 10.5 Å². The van der Waals surface area contributed by atoms with Crippen LogP contribution in [0.2, 0.25) is 0 Å². The maximum atomic E-state index is 12.0. The molecule has 0 amide bonds. The van der Waals surface area contributed by atoms with Crippen molar-refractivity contribution in [3.63, 3.8) is 0 Å². The summed E-state index contributed by atoms with van der Waals surface area (Å²) in [6.07, 6.45) is 0.0126. The lowest BCUT2D eigenvalue weighted by Gasteiger charge is -2.17. The van der Waals surface area contributed by atoms with E-state index in [9.17, 15) is 13.2 Å². The third-order valence-electron chi connectivity index (χ3n) is 2.85. The number of nitrogen functional groups attached to an aromatic ring is 1. The molecule has 0 aliphatic heterocycles. The van der Waals surface area contributed by atoms with E-state index in [0.717, 1.165) is 4.31 Å². The molecule has 1 aromatic rings. The molecule has 0 aliphatic rings. The molecule has 0 atom stereocenters. The normalized spacial score (nSPS) is 11.4. The van der Waals surface area contributed by atoms with Crippen LogP contribution in [0.5, 0.6) is 5.75 Å². The van der Waals surface area contributed by atoms with Gasteiger partial charge in [0.1, 0.15) is 12.4 Å². The number of anilines is 1. The molecule has 2 N–H and O–H groups in total. The minimum absolute atomic E-state index is 0.0126. The molecule has 0 aliphatic carbocycles. The maximum absolute atomic E-state index is 12.0. The predicted octanol–water partition coefficient (Wildman–Crippen LogP) is 0.472. The van der Waals surface area contributed by atoms with Crippen LogP contribution in [0.25, 0.3) is 0 Å². The number of esters is 1. The van der Waals surface area contributed by atoms with Crippen molar-refractivity contribution in [2.45, 2.75) is 6.42 Å². The lowest BCUT2D eigenvalue weighted by atomic mass is 10.3. The highest BCUT2D eigenvalue weighted by Crippen LogP contribution is 2.19. The Kier molecular flexibility index (Phi) is 6.44. The summed E-state index contributed by atoms with van der Waals surface area (Å²) in [7, 11) is -0.817. The molecular formula is C13H20N2O5S. The molecular weight excluding hydrogens is 296 g/mol. The summed E-state index contributed by atoms with van der Waals surface area (Å²) >= 11 is 0. The van der Waals surface area contributed by atoms with E-state index in [-0.39, 0.29) is 25.3 Å². The van der Waals surface area contributed by atoms with Gasteiger partial charge in [0.2, 0.25) is 10.0 Å². The summed E-state index contributed by atoms with van der Waals surface area (Å²) in [5.41, 5.74) is 6.14. The Morgan fingerprint density at radius 1 is 1.33 bits per heavy atom. The Bertz CT molecular complexity index is 574. The Morgan fingerprint density at radius 2 is 2.00 bits per heavy atom. The Hall–Kier alpha value is -1.80. The van der Waals surface area contributed by atoms with Crippen molar-refractivity contribution in [1.82, 2.24) is 4.31 Å². The summed E-state index contributed by atoms with van der Waals surface area (Å²) in [6, 6.07) is 6.86. The predicted molar refractivity (Wildman–Crippen MR) is 79.4 cm³/mol. The van der Waals surface area contributed by atoms with Gasteiger partial charge in [-0.3, -0.25) is 4.79 Å². The fraction of sp³-hybridized carbons (Fsp3) is 0.462. The van der Waals surface area contributed by atoms with Crippen molar-refractivity contribution in [2.75, 3.05) is 38.8 Å². The van der Waals surface area contributed by atoms with Gasteiger partial charge in [-0.1, -0.05) is 12.1 Å². The number of hydrogen-bond acceptors (Lipinski definition) is 6. The van der Waals surface area contributed by atoms with Crippen LogP contribution in [0.4, 0.5) is 5.69 Å². The van der Waals surface area contributed by atoms with Crippen molar-refractivity contribution in [1.29, 1.82) is 0 Å². The molecule has 0 unspecified atom stereocenters. The second-order valence-electron chi connectivity index (χ2n) is 4.35. The number of hydrogen-bond donors (Lipinski definition) is 1. The molecule has 7 nitrogen and oxygen atoms in total. The fourth-order valence-corrected chi connectivity index (χ4v) is 2.49. The molecule has 0 aromatic heterocycles. The smallest absolute Gasteiger partial charge is 0.306 e. The lowest BCUT2D eigenvalue weighted by molar-refractivity contribution is -0.140. The zero-order chi connectivity index (χ0) is 15.9. The first-order valence-corrected chi connectivity index (χ1v) is 7.96. The number of benzene rings is 1. The van der Waals surface area contributed by atoms with Crippen molar-refractivity contribution in [3.05, 3.63) is 24.3 Å². The number of carbonyl (C=O) groups excluding carboxylic acids is 1. The summed E-state index contributed by atoms with van der Waals surface area (Å²) in [4.78, 5) is 11.0. The van der Waals surface area contributed by atoms with E-state index in [1.165, 1.54) is 14.2 Å². The van der Waals surface area contributed by atoms with Crippen LogP contribution in [0.15, 0.2) is 24.3 Å². The van der Waals surface area contributed by atoms with Crippen molar-refractivity contribution < 1.29 is 22.7 Å². The number of para-hydroxylation sites is 2. The van der Waals surface area contributed by atoms with Crippen LogP contribution >= 0.6 is 0 Å². The molecule has 8 heteroatoms. The van der Waals surface area contributed by atoms with E-state index in [4.69, 9.17) is 10.5 Å². The molecule has 118 valence electrons. The van der Waals surface area contributed by atoms with Crippen LogP contribution in [0, 0.1) is 0 Å². The highest BCUT2D eigenvalue weighted by molar-refractivity contribution is 7.89. The Labute approximate surface area is 124 Å². The molecule has 21 heavy (non-hydrogen) atoms. The van der Waals surface area contributed by atoms with E-state index in [2.05, 4.69) is 4.74 Å². The number of sulfonamides is 1.